The Bertz CT molecular complexity index is 1020. The van der Waals surface area contributed by atoms with Crippen LogP contribution in [0, 0.1) is 0 Å². The molecule has 28 heavy (non-hydrogen) atoms. The summed E-state index contributed by atoms with van der Waals surface area (Å²) in [7, 11) is 1.31. The Morgan fingerprint density at radius 2 is 1.68 bits per heavy atom. The third-order valence-corrected chi connectivity index (χ3v) is 5.06. The number of carbonyl (C=O) groups excluding carboxylic acids is 2. The van der Waals surface area contributed by atoms with Gasteiger partial charge < -0.3 is 20.1 Å². The highest BCUT2D eigenvalue weighted by atomic mass is 35.5. The molecular formula is C21H19ClO6. The summed E-state index contributed by atoms with van der Waals surface area (Å²) in [6.45, 7) is 2.04. The van der Waals surface area contributed by atoms with Crippen LogP contribution >= 0.6 is 11.6 Å². The van der Waals surface area contributed by atoms with E-state index in [1.165, 1.54) is 19.3 Å². The number of unbranched alkanes of at least 4 members (excludes halogenated alkanes) is 2. The minimum Gasteiger partial charge on any atom is -0.507 e. The summed E-state index contributed by atoms with van der Waals surface area (Å²) in [6, 6.07) is 2.41. The number of methoxy groups -OCH3 is 1. The van der Waals surface area contributed by atoms with Crippen LogP contribution in [0.25, 0.3) is 6.08 Å². The molecular weight excluding hydrogens is 384 g/mol. The molecule has 146 valence electrons. The fourth-order valence-corrected chi connectivity index (χ4v) is 3.44. The number of halogens is 1. The standard InChI is InChI=1S/C21H19ClO6/c1-3-4-5-6-7-10-13(23)8-11-15(19(10)25)20(26)16-12(18(11)24)9-14(28-2)17(22)21(16)27/h6-9,23,25,27H,3-5H2,1-2H3/b7-6+. The molecule has 0 heterocycles. The Balaban J connectivity index is 2.21. The molecule has 1 aliphatic rings. The lowest BCUT2D eigenvalue weighted by atomic mass is 9.81. The van der Waals surface area contributed by atoms with Crippen LogP contribution in [-0.4, -0.2) is 34.0 Å². The van der Waals surface area contributed by atoms with Crippen LogP contribution in [0.1, 0.15) is 63.6 Å². The Morgan fingerprint density at radius 3 is 2.32 bits per heavy atom. The first kappa shape index (κ1) is 19.8. The second kappa shape index (κ2) is 7.56. The van der Waals surface area contributed by atoms with E-state index in [0.717, 1.165) is 25.3 Å². The predicted octanol–water partition coefficient (Wildman–Crippen LogP) is 4.44. The van der Waals surface area contributed by atoms with Crippen LogP contribution < -0.4 is 4.74 Å². The number of ketones is 2. The zero-order valence-electron chi connectivity index (χ0n) is 15.4. The summed E-state index contributed by atoms with van der Waals surface area (Å²) >= 11 is 6.01. The molecule has 3 N–H and O–H groups in total. The Hall–Kier alpha value is -2.99. The minimum absolute atomic E-state index is 0.0337. The molecule has 0 spiro atoms. The average molecular weight is 403 g/mol. The van der Waals surface area contributed by atoms with Gasteiger partial charge >= 0.3 is 0 Å². The molecule has 0 aliphatic heterocycles. The van der Waals surface area contributed by atoms with Crippen molar-refractivity contribution in [2.75, 3.05) is 7.11 Å². The highest BCUT2D eigenvalue weighted by molar-refractivity contribution is 6.37. The lowest BCUT2D eigenvalue weighted by Crippen LogP contribution is -2.22. The highest BCUT2D eigenvalue weighted by Crippen LogP contribution is 2.46. The molecule has 7 heteroatoms. The fraction of sp³-hybridized carbons (Fsp3) is 0.238. The molecule has 1 aliphatic carbocycles. The van der Waals surface area contributed by atoms with Gasteiger partial charge in [0.15, 0.2) is 5.78 Å². The van der Waals surface area contributed by atoms with Crippen molar-refractivity contribution in [3.05, 3.63) is 51.0 Å². The molecule has 2 aromatic rings. The number of carbonyl (C=O) groups is 2. The van der Waals surface area contributed by atoms with Gasteiger partial charge in [0, 0.05) is 11.1 Å². The van der Waals surface area contributed by atoms with Gasteiger partial charge in [0.05, 0.1) is 23.8 Å². The maximum absolute atomic E-state index is 13.0. The second-order valence-corrected chi connectivity index (χ2v) is 6.83. The monoisotopic (exact) mass is 402 g/mol. The number of benzene rings is 2. The summed E-state index contributed by atoms with van der Waals surface area (Å²) in [5.41, 5.74) is -0.797. The number of rotatable bonds is 5. The van der Waals surface area contributed by atoms with Crippen molar-refractivity contribution >= 4 is 29.2 Å². The van der Waals surface area contributed by atoms with Crippen molar-refractivity contribution in [1.82, 2.24) is 0 Å². The van der Waals surface area contributed by atoms with E-state index >= 15 is 0 Å². The van der Waals surface area contributed by atoms with Crippen molar-refractivity contribution < 1.29 is 29.6 Å². The van der Waals surface area contributed by atoms with E-state index in [1.807, 2.05) is 6.92 Å². The highest BCUT2D eigenvalue weighted by Gasteiger charge is 2.37. The summed E-state index contributed by atoms with van der Waals surface area (Å²) < 4.78 is 5.03. The lowest BCUT2D eigenvalue weighted by Gasteiger charge is -2.22. The molecule has 0 saturated carbocycles. The third-order valence-electron chi connectivity index (χ3n) is 4.70. The number of ether oxygens (including phenoxy) is 1. The van der Waals surface area contributed by atoms with E-state index in [2.05, 4.69) is 0 Å². The number of hydrogen-bond acceptors (Lipinski definition) is 6. The van der Waals surface area contributed by atoms with Gasteiger partial charge in [-0.15, -0.1) is 0 Å². The summed E-state index contributed by atoms with van der Waals surface area (Å²) in [6.07, 6.45) is 5.93. The Morgan fingerprint density at radius 1 is 1.04 bits per heavy atom. The van der Waals surface area contributed by atoms with E-state index in [-0.39, 0.29) is 44.3 Å². The molecule has 0 saturated heterocycles. The summed E-state index contributed by atoms with van der Waals surface area (Å²) in [5, 5.41) is 31.1. The number of aromatic hydroxyl groups is 3. The van der Waals surface area contributed by atoms with Gasteiger partial charge in [-0.25, -0.2) is 0 Å². The number of hydrogen-bond donors (Lipinski definition) is 3. The first-order chi connectivity index (χ1) is 13.3. The number of fused-ring (bicyclic) bond motifs is 2. The topological polar surface area (TPSA) is 104 Å². The molecule has 6 nitrogen and oxygen atoms in total. The smallest absolute Gasteiger partial charge is 0.202 e. The Kier molecular flexibility index (Phi) is 5.34. The molecule has 0 bridgehead atoms. The predicted molar refractivity (Wildman–Crippen MR) is 105 cm³/mol. The van der Waals surface area contributed by atoms with E-state index in [1.54, 1.807) is 6.08 Å². The molecule has 0 atom stereocenters. The van der Waals surface area contributed by atoms with Crippen LogP contribution in [0.4, 0.5) is 0 Å². The van der Waals surface area contributed by atoms with Crippen LogP contribution in [-0.2, 0) is 0 Å². The van der Waals surface area contributed by atoms with Gasteiger partial charge in [0.1, 0.15) is 28.0 Å². The number of phenols is 3. The molecule has 0 aromatic heterocycles. The fourth-order valence-electron chi connectivity index (χ4n) is 3.21. The normalized spacial score (nSPS) is 13.0. The first-order valence-electron chi connectivity index (χ1n) is 8.77. The third kappa shape index (κ3) is 2.99. The van der Waals surface area contributed by atoms with Crippen LogP contribution in [0.2, 0.25) is 5.02 Å². The van der Waals surface area contributed by atoms with Crippen molar-refractivity contribution in [2.45, 2.75) is 26.2 Å². The molecule has 3 rings (SSSR count). The minimum atomic E-state index is -0.757. The molecule has 0 fully saturated rings. The maximum atomic E-state index is 13.0. The quantitative estimate of drug-likeness (QED) is 0.545. The van der Waals surface area contributed by atoms with Crippen LogP contribution in [0.5, 0.6) is 23.0 Å². The van der Waals surface area contributed by atoms with Gasteiger partial charge in [0.2, 0.25) is 5.78 Å². The summed E-state index contributed by atoms with van der Waals surface area (Å²) in [4.78, 5) is 25.9. The molecule has 2 aromatic carbocycles. The van der Waals surface area contributed by atoms with Gasteiger partial charge in [-0.1, -0.05) is 43.5 Å². The van der Waals surface area contributed by atoms with Crippen molar-refractivity contribution in [3.8, 4) is 23.0 Å². The van der Waals surface area contributed by atoms with Gasteiger partial charge in [-0.3, -0.25) is 9.59 Å². The second-order valence-electron chi connectivity index (χ2n) is 6.45. The average Bonchev–Trinajstić information content (AvgIpc) is 2.67. The maximum Gasteiger partial charge on any atom is 0.202 e. The Labute approximate surface area is 166 Å². The van der Waals surface area contributed by atoms with Crippen LogP contribution in [0.3, 0.4) is 0 Å². The summed E-state index contributed by atoms with van der Waals surface area (Å²) in [5.74, 6) is -2.79. The van der Waals surface area contributed by atoms with Crippen LogP contribution in [0.15, 0.2) is 18.2 Å². The zero-order valence-corrected chi connectivity index (χ0v) is 16.1. The van der Waals surface area contributed by atoms with Gasteiger partial charge in [0.25, 0.3) is 0 Å². The molecule has 0 unspecified atom stereocenters. The van der Waals surface area contributed by atoms with E-state index in [9.17, 15) is 24.9 Å². The van der Waals surface area contributed by atoms with E-state index in [4.69, 9.17) is 16.3 Å². The molecule has 0 amide bonds. The largest absolute Gasteiger partial charge is 0.507 e. The van der Waals surface area contributed by atoms with Crippen molar-refractivity contribution in [1.29, 1.82) is 0 Å². The molecule has 0 radical (unpaired) electrons. The van der Waals surface area contributed by atoms with E-state index < -0.39 is 23.1 Å². The van der Waals surface area contributed by atoms with Gasteiger partial charge in [-0.2, -0.15) is 0 Å². The number of allylic oxidation sites excluding steroid dienone is 1. The van der Waals surface area contributed by atoms with Gasteiger partial charge in [-0.05, 0) is 18.6 Å². The lowest BCUT2D eigenvalue weighted by molar-refractivity contribution is 0.0973. The number of phenolic OH excluding ortho intramolecular Hbond substituents is 3. The first-order valence-corrected chi connectivity index (χ1v) is 9.15. The van der Waals surface area contributed by atoms with Crippen molar-refractivity contribution in [2.24, 2.45) is 0 Å². The SMILES string of the molecule is CCCC/C=C/c1c(O)cc2c(c1O)C(=O)c1c(cc(OC)c(Cl)c1O)C2=O. The zero-order chi connectivity index (χ0) is 20.6. The van der Waals surface area contributed by atoms with E-state index in [0.29, 0.717) is 0 Å². The van der Waals surface area contributed by atoms with Crippen molar-refractivity contribution in [3.63, 3.8) is 0 Å².